The number of urea groups is 1. The summed E-state index contributed by atoms with van der Waals surface area (Å²) in [6.45, 7) is 2.65. The number of hydrogen-bond acceptors (Lipinski definition) is 4. The van der Waals surface area contributed by atoms with E-state index in [0.717, 1.165) is 18.8 Å². The lowest BCUT2D eigenvalue weighted by atomic mass is 10.2. The van der Waals surface area contributed by atoms with Gasteiger partial charge in [0.2, 0.25) is 0 Å². The van der Waals surface area contributed by atoms with Gasteiger partial charge in [-0.05, 0) is 12.1 Å². The summed E-state index contributed by atoms with van der Waals surface area (Å²) in [5, 5.41) is 6.11. The molecule has 1 fully saturated rings. The number of piperazine rings is 1. The molecule has 1 aromatic rings. The van der Waals surface area contributed by atoms with Crippen molar-refractivity contribution >= 4 is 11.7 Å². The summed E-state index contributed by atoms with van der Waals surface area (Å²) in [5.41, 5.74) is 6.41. The minimum Gasteiger partial charge on any atom is -0.497 e. The first-order chi connectivity index (χ1) is 9.24. The number of hydrogen-bond donors (Lipinski definition) is 3. The van der Waals surface area contributed by atoms with Crippen molar-refractivity contribution in [1.82, 2.24) is 10.2 Å². The second-order valence-corrected chi connectivity index (χ2v) is 4.45. The Morgan fingerprint density at radius 3 is 3.21 bits per heavy atom. The van der Waals surface area contributed by atoms with E-state index in [0.29, 0.717) is 18.8 Å². The number of nitrogens with two attached hydrogens (primary N) is 1. The molecule has 1 heterocycles. The van der Waals surface area contributed by atoms with Gasteiger partial charge in [0.15, 0.2) is 0 Å². The molecule has 1 atom stereocenters. The third-order valence-corrected chi connectivity index (χ3v) is 3.20. The van der Waals surface area contributed by atoms with Crippen LogP contribution in [0.5, 0.6) is 5.75 Å². The number of methoxy groups -OCH3 is 1. The molecule has 0 aromatic heterocycles. The van der Waals surface area contributed by atoms with E-state index in [1.165, 1.54) is 0 Å². The molecule has 0 saturated carbocycles. The van der Waals surface area contributed by atoms with Crippen LogP contribution in [0.25, 0.3) is 0 Å². The molecule has 1 aromatic carbocycles. The maximum Gasteiger partial charge on any atom is 0.322 e. The van der Waals surface area contributed by atoms with Gasteiger partial charge in [-0.2, -0.15) is 0 Å². The highest BCUT2D eigenvalue weighted by molar-refractivity contribution is 5.89. The Balaban J connectivity index is 2.02. The van der Waals surface area contributed by atoms with Crippen LogP contribution in [-0.4, -0.2) is 50.3 Å². The summed E-state index contributed by atoms with van der Waals surface area (Å²) in [5.74, 6) is 0.716. The number of carbonyl (C=O) groups excluding carboxylic acids is 1. The molecular weight excluding hydrogens is 244 g/mol. The van der Waals surface area contributed by atoms with E-state index < -0.39 is 0 Å². The highest BCUT2D eigenvalue weighted by Crippen LogP contribution is 2.17. The second kappa shape index (κ2) is 6.40. The lowest BCUT2D eigenvalue weighted by Gasteiger charge is -2.35. The van der Waals surface area contributed by atoms with Gasteiger partial charge in [-0.25, -0.2) is 4.79 Å². The topological polar surface area (TPSA) is 79.6 Å². The Morgan fingerprint density at radius 2 is 2.47 bits per heavy atom. The first-order valence-corrected chi connectivity index (χ1v) is 6.37. The molecule has 19 heavy (non-hydrogen) atoms. The first kappa shape index (κ1) is 13.6. The van der Waals surface area contributed by atoms with Crippen LogP contribution in [0, 0.1) is 0 Å². The number of ether oxygens (including phenoxy) is 1. The van der Waals surface area contributed by atoms with E-state index in [9.17, 15) is 4.79 Å². The molecule has 1 aliphatic rings. The van der Waals surface area contributed by atoms with Gasteiger partial charge in [0, 0.05) is 37.9 Å². The highest BCUT2D eigenvalue weighted by atomic mass is 16.5. The number of rotatable bonds is 3. The number of nitrogens with zero attached hydrogens (tertiary/aromatic N) is 1. The van der Waals surface area contributed by atoms with E-state index in [1.807, 2.05) is 18.2 Å². The Labute approximate surface area is 112 Å². The zero-order valence-electron chi connectivity index (χ0n) is 11.1. The van der Waals surface area contributed by atoms with Gasteiger partial charge in [-0.1, -0.05) is 6.07 Å². The molecular formula is C13H20N4O2. The largest absolute Gasteiger partial charge is 0.497 e. The fourth-order valence-electron chi connectivity index (χ4n) is 2.13. The van der Waals surface area contributed by atoms with E-state index in [2.05, 4.69) is 10.6 Å². The average molecular weight is 264 g/mol. The Morgan fingerprint density at radius 1 is 1.63 bits per heavy atom. The predicted octanol–water partition coefficient (Wildman–Crippen LogP) is 0.460. The molecule has 2 amide bonds. The predicted molar refractivity (Wildman–Crippen MR) is 74.4 cm³/mol. The number of benzene rings is 1. The summed E-state index contributed by atoms with van der Waals surface area (Å²) in [6, 6.07) is 7.22. The highest BCUT2D eigenvalue weighted by Gasteiger charge is 2.25. The van der Waals surface area contributed by atoms with Gasteiger partial charge < -0.3 is 26.0 Å². The third kappa shape index (κ3) is 3.36. The molecule has 0 aliphatic carbocycles. The smallest absolute Gasteiger partial charge is 0.322 e. The quantitative estimate of drug-likeness (QED) is 0.741. The maximum atomic E-state index is 12.2. The van der Waals surface area contributed by atoms with Crippen molar-refractivity contribution in [3.63, 3.8) is 0 Å². The lowest BCUT2D eigenvalue weighted by Crippen LogP contribution is -2.57. The van der Waals surface area contributed by atoms with Gasteiger partial charge in [0.25, 0.3) is 0 Å². The first-order valence-electron chi connectivity index (χ1n) is 6.37. The van der Waals surface area contributed by atoms with Crippen molar-refractivity contribution in [2.45, 2.75) is 6.04 Å². The summed E-state index contributed by atoms with van der Waals surface area (Å²) in [6.07, 6.45) is 0. The van der Waals surface area contributed by atoms with Crippen LogP contribution >= 0.6 is 0 Å². The summed E-state index contributed by atoms with van der Waals surface area (Å²) >= 11 is 0. The molecule has 0 bridgehead atoms. The molecule has 1 saturated heterocycles. The van der Waals surface area contributed by atoms with Gasteiger partial charge >= 0.3 is 6.03 Å². The van der Waals surface area contributed by atoms with Crippen LogP contribution in [0.15, 0.2) is 24.3 Å². The van der Waals surface area contributed by atoms with Gasteiger partial charge in [-0.3, -0.25) is 0 Å². The van der Waals surface area contributed by atoms with E-state index in [4.69, 9.17) is 10.5 Å². The number of carbonyl (C=O) groups is 1. The van der Waals surface area contributed by atoms with Crippen LogP contribution in [-0.2, 0) is 0 Å². The Kier molecular flexibility index (Phi) is 4.59. The van der Waals surface area contributed by atoms with Crippen molar-refractivity contribution in [3.05, 3.63) is 24.3 Å². The van der Waals surface area contributed by atoms with Crippen LogP contribution in [0.1, 0.15) is 0 Å². The van der Waals surface area contributed by atoms with Crippen molar-refractivity contribution in [3.8, 4) is 5.75 Å². The molecule has 6 nitrogen and oxygen atoms in total. The molecule has 1 aliphatic heterocycles. The normalized spacial score (nSPS) is 19.1. The van der Waals surface area contributed by atoms with Gasteiger partial charge in [0.05, 0.1) is 13.2 Å². The third-order valence-electron chi connectivity index (χ3n) is 3.20. The fraction of sp³-hybridized carbons (Fsp3) is 0.462. The number of anilines is 1. The summed E-state index contributed by atoms with van der Waals surface area (Å²) < 4.78 is 5.13. The Hall–Kier alpha value is -1.79. The average Bonchev–Trinajstić information content (AvgIpc) is 2.47. The van der Waals surface area contributed by atoms with Crippen molar-refractivity contribution < 1.29 is 9.53 Å². The molecule has 1 unspecified atom stereocenters. The molecule has 2 rings (SSSR count). The zero-order valence-corrected chi connectivity index (χ0v) is 11.1. The minimum absolute atomic E-state index is 0.0411. The van der Waals surface area contributed by atoms with Crippen LogP contribution in [0.3, 0.4) is 0 Å². The van der Waals surface area contributed by atoms with Crippen LogP contribution in [0.4, 0.5) is 10.5 Å². The molecule has 0 spiro atoms. The summed E-state index contributed by atoms with van der Waals surface area (Å²) in [7, 11) is 1.60. The summed E-state index contributed by atoms with van der Waals surface area (Å²) in [4.78, 5) is 14.0. The Bertz CT molecular complexity index is 438. The van der Waals surface area contributed by atoms with E-state index in [-0.39, 0.29) is 12.1 Å². The van der Waals surface area contributed by atoms with Crippen molar-refractivity contribution in [2.24, 2.45) is 5.73 Å². The zero-order chi connectivity index (χ0) is 13.7. The van der Waals surface area contributed by atoms with E-state index >= 15 is 0 Å². The second-order valence-electron chi connectivity index (χ2n) is 4.45. The molecule has 4 N–H and O–H groups in total. The maximum absolute atomic E-state index is 12.2. The van der Waals surface area contributed by atoms with Crippen molar-refractivity contribution in [1.29, 1.82) is 0 Å². The molecule has 104 valence electrons. The van der Waals surface area contributed by atoms with Crippen LogP contribution in [0.2, 0.25) is 0 Å². The lowest BCUT2D eigenvalue weighted by molar-refractivity contribution is 0.173. The minimum atomic E-state index is -0.120. The van der Waals surface area contributed by atoms with Crippen molar-refractivity contribution in [2.75, 3.05) is 38.6 Å². The SMILES string of the molecule is COc1cccc(NC(=O)N2CCNCC2CN)c1. The van der Waals surface area contributed by atoms with Gasteiger partial charge in [0.1, 0.15) is 5.75 Å². The van der Waals surface area contributed by atoms with Crippen LogP contribution < -0.4 is 21.1 Å². The standard InChI is InChI=1S/C13H20N4O2/c1-19-12-4-2-3-10(7-12)16-13(18)17-6-5-15-9-11(17)8-14/h2-4,7,11,15H,5-6,8-9,14H2,1H3,(H,16,18). The molecule has 0 radical (unpaired) electrons. The van der Waals surface area contributed by atoms with Gasteiger partial charge in [-0.15, -0.1) is 0 Å². The fourth-order valence-corrected chi connectivity index (χ4v) is 2.13. The number of nitrogens with one attached hydrogen (secondary N) is 2. The van der Waals surface area contributed by atoms with E-state index in [1.54, 1.807) is 18.1 Å². The molecule has 6 heteroatoms. The number of amides is 2. The monoisotopic (exact) mass is 264 g/mol.